The van der Waals surface area contributed by atoms with Gasteiger partial charge in [-0.15, -0.1) is 0 Å². The maximum absolute atomic E-state index is 5.17. The number of aromatic amines is 1. The number of nitrogens with zero attached hydrogens (tertiary/aromatic N) is 2. The maximum Gasteiger partial charge on any atom is 0.177 e. The van der Waals surface area contributed by atoms with Crippen molar-refractivity contribution in [2.75, 3.05) is 20.6 Å². The summed E-state index contributed by atoms with van der Waals surface area (Å²) in [5.41, 5.74) is 1.22. The van der Waals surface area contributed by atoms with Crippen LogP contribution in [-0.4, -0.2) is 35.1 Å². The summed E-state index contributed by atoms with van der Waals surface area (Å²) in [6.45, 7) is 4.26. The zero-order valence-corrected chi connectivity index (χ0v) is 10.0. The minimum absolute atomic E-state index is 0.840. The second-order valence-corrected chi connectivity index (χ2v) is 4.28. The summed E-state index contributed by atoms with van der Waals surface area (Å²) in [6, 6.07) is 0. The molecular weight excluding hydrogens is 194 g/mol. The summed E-state index contributed by atoms with van der Waals surface area (Å²) in [6.07, 6.45) is 4.37. The summed E-state index contributed by atoms with van der Waals surface area (Å²) in [7, 11) is 4.21. The first-order valence-corrected chi connectivity index (χ1v) is 5.41. The van der Waals surface area contributed by atoms with Crippen LogP contribution in [0.3, 0.4) is 0 Å². The molecule has 0 aliphatic rings. The van der Waals surface area contributed by atoms with Crippen molar-refractivity contribution < 1.29 is 0 Å². The molecule has 1 aromatic heterocycles. The standard InChI is InChI=1S/C10H19N3S/c1-9-8-11-10(14)13(9)7-5-4-6-12(2)3/h8H,4-7H2,1-3H3,(H,11,14). The van der Waals surface area contributed by atoms with Gasteiger partial charge in [0.2, 0.25) is 0 Å². The third-order valence-electron chi connectivity index (χ3n) is 2.31. The van der Waals surface area contributed by atoms with Crippen LogP contribution in [0.15, 0.2) is 6.20 Å². The Kier molecular flexibility index (Phi) is 4.35. The molecule has 0 bridgehead atoms. The van der Waals surface area contributed by atoms with Gasteiger partial charge in [0.15, 0.2) is 4.77 Å². The molecule has 0 aliphatic heterocycles. The van der Waals surface area contributed by atoms with Gasteiger partial charge in [0.25, 0.3) is 0 Å². The van der Waals surface area contributed by atoms with Crippen LogP contribution in [0.1, 0.15) is 18.5 Å². The van der Waals surface area contributed by atoms with Gasteiger partial charge in [0, 0.05) is 18.4 Å². The molecule has 0 aliphatic carbocycles. The second-order valence-electron chi connectivity index (χ2n) is 3.90. The lowest BCUT2D eigenvalue weighted by Crippen LogP contribution is -2.13. The third kappa shape index (κ3) is 3.27. The smallest absolute Gasteiger partial charge is 0.177 e. The fourth-order valence-electron chi connectivity index (χ4n) is 1.46. The van der Waals surface area contributed by atoms with Crippen LogP contribution in [0.5, 0.6) is 0 Å². The second kappa shape index (κ2) is 5.32. The number of rotatable bonds is 5. The number of aryl methyl sites for hydroxylation is 1. The Labute approximate surface area is 90.7 Å². The van der Waals surface area contributed by atoms with Gasteiger partial charge >= 0.3 is 0 Å². The largest absolute Gasteiger partial charge is 0.337 e. The number of hydrogen-bond acceptors (Lipinski definition) is 2. The van der Waals surface area contributed by atoms with Crippen molar-refractivity contribution in [1.29, 1.82) is 0 Å². The lowest BCUT2D eigenvalue weighted by Gasteiger charge is -2.09. The van der Waals surface area contributed by atoms with Crippen molar-refractivity contribution in [3.8, 4) is 0 Å². The minimum Gasteiger partial charge on any atom is -0.337 e. The van der Waals surface area contributed by atoms with Crippen molar-refractivity contribution >= 4 is 12.2 Å². The molecule has 0 amide bonds. The van der Waals surface area contributed by atoms with Crippen LogP contribution in [0, 0.1) is 11.7 Å². The number of aromatic nitrogens is 2. The molecule has 0 aromatic carbocycles. The Bertz CT molecular complexity index is 324. The highest BCUT2D eigenvalue weighted by molar-refractivity contribution is 7.71. The summed E-state index contributed by atoms with van der Waals surface area (Å²) in [5.74, 6) is 0. The Morgan fingerprint density at radius 1 is 1.43 bits per heavy atom. The Morgan fingerprint density at radius 2 is 2.14 bits per heavy atom. The van der Waals surface area contributed by atoms with E-state index in [1.807, 2.05) is 6.20 Å². The van der Waals surface area contributed by atoms with E-state index >= 15 is 0 Å². The minimum atomic E-state index is 0.840. The summed E-state index contributed by atoms with van der Waals surface area (Å²) >= 11 is 5.17. The Hall–Kier alpha value is -0.610. The fraction of sp³-hybridized carbons (Fsp3) is 0.700. The number of unbranched alkanes of at least 4 members (excludes halogenated alkanes) is 1. The molecule has 14 heavy (non-hydrogen) atoms. The van der Waals surface area contributed by atoms with E-state index in [4.69, 9.17) is 12.2 Å². The molecule has 0 radical (unpaired) electrons. The maximum atomic E-state index is 5.17. The van der Waals surface area contributed by atoms with E-state index in [0.717, 1.165) is 17.9 Å². The van der Waals surface area contributed by atoms with Crippen molar-refractivity contribution in [3.05, 3.63) is 16.7 Å². The summed E-state index contributed by atoms with van der Waals surface area (Å²) < 4.78 is 3.00. The van der Waals surface area contributed by atoms with Crippen molar-refractivity contribution in [3.63, 3.8) is 0 Å². The number of hydrogen-bond donors (Lipinski definition) is 1. The topological polar surface area (TPSA) is 24.0 Å². The van der Waals surface area contributed by atoms with Gasteiger partial charge in [-0.05, 0) is 52.6 Å². The van der Waals surface area contributed by atoms with E-state index in [-0.39, 0.29) is 0 Å². The van der Waals surface area contributed by atoms with E-state index in [0.29, 0.717) is 0 Å². The molecule has 0 spiro atoms. The molecule has 1 heterocycles. The van der Waals surface area contributed by atoms with Crippen LogP contribution in [0.2, 0.25) is 0 Å². The normalized spacial score (nSPS) is 11.1. The zero-order chi connectivity index (χ0) is 10.6. The van der Waals surface area contributed by atoms with Gasteiger partial charge in [-0.25, -0.2) is 0 Å². The fourth-order valence-corrected chi connectivity index (χ4v) is 1.75. The molecule has 0 fully saturated rings. The van der Waals surface area contributed by atoms with E-state index in [9.17, 15) is 0 Å². The molecule has 0 saturated heterocycles. The summed E-state index contributed by atoms with van der Waals surface area (Å²) in [4.78, 5) is 5.27. The monoisotopic (exact) mass is 213 g/mol. The highest BCUT2D eigenvalue weighted by Crippen LogP contribution is 2.03. The molecule has 0 atom stereocenters. The molecule has 0 unspecified atom stereocenters. The van der Waals surface area contributed by atoms with Crippen LogP contribution < -0.4 is 0 Å². The lowest BCUT2D eigenvalue weighted by atomic mass is 10.3. The molecule has 4 heteroatoms. The van der Waals surface area contributed by atoms with Crippen LogP contribution >= 0.6 is 12.2 Å². The van der Waals surface area contributed by atoms with Gasteiger partial charge in [-0.1, -0.05) is 0 Å². The molecule has 80 valence electrons. The van der Waals surface area contributed by atoms with Crippen LogP contribution in [0.4, 0.5) is 0 Å². The van der Waals surface area contributed by atoms with E-state index in [1.54, 1.807) is 0 Å². The predicted molar refractivity (Wildman–Crippen MR) is 62.1 cm³/mol. The van der Waals surface area contributed by atoms with Crippen molar-refractivity contribution in [1.82, 2.24) is 14.5 Å². The summed E-state index contributed by atoms with van der Waals surface area (Å²) in [5, 5.41) is 0. The Balaban J connectivity index is 2.35. The van der Waals surface area contributed by atoms with Crippen molar-refractivity contribution in [2.45, 2.75) is 26.3 Å². The molecule has 1 aromatic rings. The lowest BCUT2D eigenvalue weighted by molar-refractivity contribution is 0.387. The van der Waals surface area contributed by atoms with Crippen LogP contribution in [-0.2, 0) is 6.54 Å². The molecule has 1 rings (SSSR count). The van der Waals surface area contributed by atoms with E-state index < -0.39 is 0 Å². The first-order chi connectivity index (χ1) is 6.61. The predicted octanol–water partition coefficient (Wildman–Crippen LogP) is 2.20. The molecule has 1 N–H and O–H groups in total. The van der Waals surface area contributed by atoms with Crippen molar-refractivity contribution in [2.24, 2.45) is 0 Å². The molecular formula is C10H19N3S. The quantitative estimate of drug-likeness (QED) is 0.599. The Morgan fingerprint density at radius 3 is 2.64 bits per heavy atom. The average Bonchev–Trinajstić information content (AvgIpc) is 2.42. The van der Waals surface area contributed by atoms with E-state index in [2.05, 4.69) is 35.5 Å². The number of imidazole rings is 1. The van der Waals surface area contributed by atoms with E-state index in [1.165, 1.54) is 18.5 Å². The average molecular weight is 213 g/mol. The highest BCUT2D eigenvalue weighted by atomic mass is 32.1. The number of H-pyrrole nitrogens is 1. The molecule has 3 nitrogen and oxygen atoms in total. The van der Waals surface area contributed by atoms with Crippen LogP contribution in [0.25, 0.3) is 0 Å². The van der Waals surface area contributed by atoms with Gasteiger partial charge in [0.05, 0.1) is 0 Å². The van der Waals surface area contributed by atoms with Gasteiger partial charge in [0.1, 0.15) is 0 Å². The zero-order valence-electron chi connectivity index (χ0n) is 9.21. The van der Waals surface area contributed by atoms with Gasteiger partial charge in [-0.3, -0.25) is 0 Å². The highest BCUT2D eigenvalue weighted by Gasteiger charge is 1.98. The first kappa shape index (κ1) is 11.5. The van der Waals surface area contributed by atoms with Gasteiger partial charge < -0.3 is 14.5 Å². The van der Waals surface area contributed by atoms with Gasteiger partial charge in [-0.2, -0.15) is 0 Å². The first-order valence-electron chi connectivity index (χ1n) is 5.01. The third-order valence-corrected chi connectivity index (χ3v) is 2.65. The molecule has 0 saturated carbocycles. The SMILES string of the molecule is Cc1c[nH]c(=S)n1CCCCN(C)C. The number of nitrogens with one attached hydrogen (secondary N) is 1.